The fraction of sp³-hybridized carbons (Fsp3) is 0.846. The van der Waals surface area contributed by atoms with E-state index in [4.69, 9.17) is 4.74 Å². The first kappa shape index (κ1) is 14.1. The fourth-order valence-corrected chi connectivity index (χ4v) is 2.70. The fourth-order valence-electron chi connectivity index (χ4n) is 2.70. The molecule has 2 saturated heterocycles. The van der Waals surface area contributed by atoms with Crippen molar-refractivity contribution in [2.24, 2.45) is 11.3 Å². The molecule has 2 rings (SSSR count). The van der Waals surface area contributed by atoms with Crippen molar-refractivity contribution in [1.82, 2.24) is 10.2 Å². The Balaban J connectivity index is 1.96. The Morgan fingerprint density at radius 3 is 2.84 bits per heavy atom. The maximum atomic E-state index is 12.2. The molecule has 6 nitrogen and oxygen atoms in total. The van der Waals surface area contributed by atoms with Crippen LogP contribution in [0.2, 0.25) is 0 Å². The van der Waals surface area contributed by atoms with Crippen LogP contribution < -0.4 is 5.32 Å². The van der Waals surface area contributed by atoms with Gasteiger partial charge in [0, 0.05) is 13.1 Å². The van der Waals surface area contributed by atoms with Crippen LogP contribution in [0.4, 0.5) is 4.79 Å². The van der Waals surface area contributed by atoms with Gasteiger partial charge in [0.25, 0.3) is 0 Å². The molecule has 2 amide bonds. The minimum atomic E-state index is -1.03. The number of hydrogen-bond acceptors (Lipinski definition) is 3. The molecule has 2 fully saturated rings. The summed E-state index contributed by atoms with van der Waals surface area (Å²) in [7, 11) is 0. The molecule has 19 heavy (non-hydrogen) atoms. The zero-order valence-corrected chi connectivity index (χ0v) is 11.5. The first-order valence-electron chi connectivity index (χ1n) is 6.80. The summed E-state index contributed by atoms with van der Waals surface area (Å²) in [4.78, 5) is 25.2. The van der Waals surface area contributed by atoms with Crippen molar-refractivity contribution < 1.29 is 19.4 Å². The van der Waals surface area contributed by atoms with Gasteiger partial charge in [0.15, 0.2) is 0 Å². The molecular weight excluding hydrogens is 248 g/mol. The molecule has 0 saturated carbocycles. The predicted molar refractivity (Wildman–Crippen MR) is 68.9 cm³/mol. The van der Waals surface area contributed by atoms with Crippen molar-refractivity contribution in [3.8, 4) is 0 Å². The Labute approximate surface area is 113 Å². The van der Waals surface area contributed by atoms with Crippen molar-refractivity contribution in [1.29, 1.82) is 0 Å². The molecule has 2 aliphatic rings. The van der Waals surface area contributed by atoms with Crippen LogP contribution in [0.5, 0.6) is 0 Å². The van der Waals surface area contributed by atoms with E-state index in [2.05, 4.69) is 12.2 Å². The van der Waals surface area contributed by atoms with Crippen LogP contribution in [-0.4, -0.2) is 54.4 Å². The monoisotopic (exact) mass is 270 g/mol. The number of carbonyl (C=O) groups excluding carboxylic acids is 1. The van der Waals surface area contributed by atoms with Gasteiger partial charge in [0.2, 0.25) is 0 Å². The van der Waals surface area contributed by atoms with Gasteiger partial charge in [-0.1, -0.05) is 6.92 Å². The van der Waals surface area contributed by atoms with E-state index in [1.807, 2.05) is 0 Å². The first-order chi connectivity index (χ1) is 8.93. The van der Waals surface area contributed by atoms with E-state index in [0.29, 0.717) is 5.92 Å². The number of ether oxygens (including phenoxy) is 1. The largest absolute Gasteiger partial charge is 0.481 e. The molecular formula is C13H22N2O4. The summed E-state index contributed by atoms with van der Waals surface area (Å²) >= 11 is 0. The second-order valence-electron chi connectivity index (χ2n) is 5.93. The van der Waals surface area contributed by atoms with Crippen LogP contribution in [0.1, 0.15) is 26.7 Å². The standard InChI is InChI=1S/C13H22N2O4/c1-9-4-3-5-15(6-9)12(18)14-10-7-19-8-13(10,2)11(16)17/h9-10H,3-8H2,1-2H3,(H,14,18)(H,16,17). The molecule has 0 aliphatic carbocycles. The third-order valence-corrected chi connectivity index (χ3v) is 4.19. The van der Waals surface area contributed by atoms with E-state index in [0.717, 1.165) is 25.9 Å². The normalized spacial score (nSPS) is 35.2. The highest BCUT2D eigenvalue weighted by Gasteiger charge is 2.47. The molecule has 0 aromatic carbocycles. The summed E-state index contributed by atoms with van der Waals surface area (Å²) in [6.45, 7) is 5.63. The number of likely N-dealkylation sites (tertiary alicyclic amines) is 1. The van der Waals surface area contributed by atoms with Gasteiger partial charge in [-0.05, 0) is 25.7 Å². The molecule has 0 bridgehead atoms. The molecule has 3 unspecified atom stereocenters. The van der Waals surface area contributed by atoms with Gasteiger partial charge in [-0.25, -0.2) is 4.79 Å². The maximum Gasteiger partial charge on any atom is 0.317 e. The number of nitrogens with zero attached hydrogens (tertiary/aromatic N) is 1. The molecule has 2 N–H and O–H groups in total. The summed E-state index contributed by atoms with van der Waals surface area (Å²) in [6, 6.07) is -0.635. The molecule has 108 valence electrons. The lowest BCUT2D eigenvalue weighted by Gasteiger charge is -2.33. The van der Waals surface area contributed by atoms with E-state index in [9.17, 15) is 14.7 Å². The number of amides is 2. The zero-order chi connectivity index (χ0) is 14.0. The van der Waals surface area contributed by atoms with Crippen molar-refractivity contribution >= 4 is 12.0 Å². The van der Waals surface area contributed by atoms with E-state index < -0.39 is 17.4 Å². The number of rotatable bonds is 2. The molecule has 2 aliphatic heterocycles. The van der Waals surface area contributed by atoms with Crippen molar-refractivity contribution in [2.45, 2.75) is 32.7 Å². The number of piperidine rings is 1. The Morgan fingerprint density at radius 1 is 1.47 bits per heavy atom. The Bertz CT molecular complexity index is 374. The van der Waals surface area contributed by atoms with Crippen molar-refractivity contribution in [2.75, 3.05) is 26.3 Å². The topological polar surface area (TPSA) is 78.9 Å². The lowest BCUT2D eigenvalue weighted by Crippen LogP contribution is -2.54. The molecule has 0 radical (unpaired) electrons. The average Bonchev–Trinajstić information content (AvgIpc) is 2.72. The minimum Gasteiger partial charge on any atom is -0.481 e. The van der Waals surface area contributed by atoms with Gasteiger partial charge in [-0.2, -0.15) is 0 Å². The van der Waals surface area contributed by atoms with Crippen molar-refractivity contribution in [3.63, 3.8) is 0 Å². The van der Waals surface area contributed by atoms with Gasteiger partial charge in [0.05, 0.1) is 19.3 Å². The Hall–Kier alpha value is -1.30. The number of carbonyl (C=O) groups is 2. The molecule has 3 atom stereocenters. The van der Waals surface area contributed by atoms with Crippen LogP contribution in [0.15, 0.2) is 0 Å². The summed E-state index contributed by atoms with van der Waals surface area (Å²) in [5.74, 6) is -0.424. The quantitative estimate of drug-likeness (QED) is 0.782. The average molecular weight is 270 g/mol. The van der Waals surface area contributed by atoms with Crippen LogP contribution >= 0.6 is 0 Å². The van der Waals surface area contributed by atoms with Gasteiger partial charge in [0.1, 0.15) is 5.41 Å². The lowest BCUT2D eigenvalue weighted by atomic mass is 9.85. The molecule has 6 heteroatoms. The second-order valence-corrected chi connectivity index (χ2v) is 5.93. The highest BCUT2D eigenvalue weighted by Crippen LogP contribution is 2.29. The highest BCUT2D eigenvalue weighted by molar-refractivity contribution is 5.79. The number of aliphatic carboxylic acids is 1. The van der Waals surface area contributed by atoms with E-state index in [1.165, 1.54) is 0 Å². The van der Waals surface area contributed by atoms with Gasteiger partial charge < -0.3 is 20.1 Å². The molecule has 0 aromatic rings. The van der Waals surface area contributed by atoms with E-state index in [1.54, 1.807) is 11.8 Å². The number of carboxylic acid groups (broad SMARTS) is 1. The summed E-state index contributed by atoms with van der Waals surface area (Å²) in [6.07, 6.45) is 2.15. The van der Waals surface area contributed by atoms with Gasteiger partial charge in [-0.3, -0.25) is 4.79 Å². The molecule has 0 aromatic heterocycles. The third-order valence-electron chi connectivity index (χ3n) is 4.19. The predicted octanol–water partition coefficient (Wildman–Crippen LogP) is 0.918. The summed E-state index contributed by atoms with van der Waals surface area (Å²) in [5.41, 5.74) is -1.03. The first-order valence-corrected chi connectivity index (χ1v) is 6.80. The number of urea groups is 1. The maximum absolute atomic E-state index is 12.2. The third kappa shape index (κ3) is 2.83. The summed E-state index contributed by atoms with van der Waals surface area (Å²) in [5, 5.41) is 12.1. The Morgan fingerprint density at radius 2 is 2.21 bits per heavy atom. The number of hydrogen-bond donors (Lipinski definition) is 2. The smallest absolute Gasteiger partial charge is 0.317 e. The second kappa shape index (κ2) is 5.36. The van der Waals surface area contributed by atoms with Gasteiger partial charge >= 0.3 is 12.0 Å². The van der Waals surface area contributed by atoms with E-state index in [-0.39, 0.29) is 19.2 Å². The van der Waals surface area contributed by atoms with Crippen LogP contribution in [0, 0.1) is 11.3 Å². The summed E-state index contributed by atoms with van der Waals surface area (Å²) < 4.78 is 5.23. The van der Waals surface area contributed by atoms with Crippen LogP contribution in [0.25, 0.3) is 0 Å². The highest BCUT2D eigenvalue weighted by atomic mass is 16.5. The minimum absolute atomic E-state index is 0.143. The lowest BCUT2D eigenvalue weighted by molar-refractivity contribution is -0.148. The van der Waals surface area contributed by atoms with Gasteiger partial charge in [-0.15, -0.1) is 0 Å². The zero-order valence-electron chi connectivity index (χ0n) is 11.5. The Kier molecular flexibility index (Phi) is 3.99. The molecule has 0 spiro atoms. The SMILES string of the molecule is CC1CCCN(C(=O)NC2COCC2(C)C(=O)O)C1. The van der Waals surface area contributed by atoms with Crippen LogP contribution in [-0.2, 0) is 9.53 Å². The molecule has 2 heterocycles. The number of carboxylic acids is 1. The van der Waals surface area contributed by atoms with Crippen molar-refractivity contribution in [3.05, 3.63) is 0 Å². The number of nitrogens with one attached hydrogen (secondary N) is 1. The van der Waals surface area contributed by atoms with Crippen LogP contribution in [0.3, 0.4) is 0 Å². The van der Waals surface area contributed by atoms with E-state index >= 15 is 0 Å².